The van der Waals surface area contributed by atoms with E-state index in [2.05, 4.69) is 16.4 Å². The summed E-state index contributed by atoms with van der Waals surface area (Å²) in [5, 5.41) is 3.31. The Labute approximate surface area is 118 Å². The zero-order valence-corrected chi connectivity index (χ0v) is 11.5. The van der Waals surface area contributed by atoms with Crippen LogP contribution in [0.4, 0.5) is 0 Å². The van der Waals surface area contributed by atoms with Crippen molar-refractivity contribution in [1.82, 2.24) is 10.3 Å². The monoisotopic (exact) mass is 270 g/mol. The number of morpholine rings is 1. The average Bonchev–Trinajstić information content (AvgIpc) is 2.56. The highest BCUT2D eigenvalue weighted by Crippen LogP contribution is 2.23. The molecular formula is C16H18N2O2. The number of pyridine rings is 1. The maximum absolute atomic E-state index is 5.70. The fourth-order valence-electron chi connectivity index (χ4n) is 2.31. The van der Waals surface area contributed by atoms with Gasteiger partial charge in [0, 0.05) is 24.8 Å². The minimum Gasteiger partial charge on any atom is -0.497 e. The van der Waals surface area contributed by atoms with Crippen LogP contribution in [0, 0.1) is 0 Å². The van der Waals surface area contributed by atoms with Gasteiger partial charge in [0.1, 0.15) is 11.9 Å². The van der Waals surface area contributed by atoms with E-state index < -0.39 is 0 Å². The summed E-state index contributed by atoms with van der Waals surface area (Å²) < 4.78 is 10.9. The standard InChI is InChI=1S/C16H18N2O2/c1-19-14-5-2-12(3-6-14)13-4-7-15(18-10-13)16-11-17-8-9-20-16/h2-7,10,16-17H,8-9,11H2,1H3/t16-/m0/s1. The van der Waals surface area contributed by atoms with E-state index >= 15 is 0 Å². The molecule has 2 aromatic rings. The van der Waals surface area contributed by atoms with E-state index in [1.54, 1.807) is 7.11 Å². The fourth-order valence-corrected chi connectivity index (χ4v) is 2.31. The van der Waals surface area contributed by atoms with Crippen molar-refractivity contribution in [2.45, 2.75) is 6.10 Å². The van der Waals surface area contributed by atoms with Crippen LogP contribution in [0.15, 0.2) is 42.6 Å². The van der Waals surface area contributed by atoms with E-state index in [-0.39, 0.29) is 6.10 Å². The minimum absolute atomic E-state index is 0.0636. The summed E-state index contributed by atoms with van der Waals surface area (Å²) in [6.45, 7) is 2.49. The minimum atomic E-state index is 0.0636. The second kappa shape index (κ2) is 6.03. The molecule has 3 rings (SSSR count). The summed E-state index contributed by atoms with van der Waals surface area (Å²) in [6.07, 6.45) is 1.96. The van der Waals surface area contributed by atoms with E-state index in [0.717, 1.165) is 42.3 Å². The topological polar surface area (TPSA) is 43.4 Å². The Kier molecular flexibility index (Phi) is 3.95. The molecule has 1 aliphatic heterocycles. The number of methoxy groups -OCH3 is 1. The van der Waals surface area contributed by atoms with Crippen LogP contribution in [0.2, 0.25) is 0 Å². The number of ether oxygens (including phenoxy) is 2. The number of nitrogens with zero attached hydrogens (tertiary/aromatic N) is 1. The van der Waals surface area contributed by atoms with Crippen LogP contribution in [-0.4, -0.2) is 31.8 Å². The average molecular weight is 270 g/mol. The summed E-state index contributed by atoms with van der Waals surface area (Å²) in [4.78, 5) is 4.53. The van der Waals surface area contributed by atoms with Gasteiger partial charge < -0.3 is 14.8 Å². The number of nitrogens with one attached hydrogen (secondary N) is 1. The molecule has 0 aliphatic carbocycles. The lowest BCUT2D eigenvalue weighted by atomic mass is 10.1. The van der Waals surface area contributed by atoms with Gasteiger partial charge in [-0.2, -0.15) is 0 Å². The van der Waals surface area contributed by atoms with Crippen molar-refractivity contribution in [2.24, 2.45) is 0 Å². The molecule has 0 bridgehead atoms. The third kappa shape index (κ3) is 2.81. The van der Waals surface area contributed by atoms with Gasteiger partial charge in [0.15, 0.2) is 0 Å². The molecule has 0 unspecified atom stereocenters. The first kappa shape index (κ1) is 13.1. The van der Waals surface area contributed by atoms with Crippen molar-refractivity contribution in [3.63, 3.8) is 0 Å². The zero-order chi connectivity index (χ0) is 13.8. The Morgan fingerprint density at radius 3 is 2.55 bits per heavy atom. The Morgan fingerprint density at radius 2 is 1.95 bits per heavy atom. The highest BCUT2D eigenvalue weighted by atomic mass is 16.5. The summed E-state index contributed by atoms with van der Waals surface area (Å²) in [7, 11) is 1.67. The van der Waals surface area contributed by atoms with Crippen molar-refractivity contribution in [3.05, 3.63) is 48.3 Å². The molecule has 0 saturated carbocycles. The quantitative estimate of drug-likeness (QED) is 0.930. The maximum atomic E-state index is 5.70. The lowest BCUT2D eigenvalue weighted by molar-refractivity contribution is 0.0250. The molecule has 0 spiro atoms. The van der Waals surface area contributed by atoms with E-state index in [4.69, 9.17) is 9.47 Å². The number of rotatable bonds is 3. The lowest BCUT2D eigenvalue weighted by Crippen LogP contribution is -2.33. The Balaban J connectivity index is 1.77. The van der Waals surface area contributed by atoms with Gasteiger partial charge in [0.05, 0.1) is 19.4 Å². The van der Waals surface area contributed by atoms with E-state index in [0.29, 0.717) is 0 Å². The van der Waals surface area contributed by atoms with E-state index in [1.807, 2.05) is 36.5 Å². The molecule has 2 heterocycles. The Morgan fingerprint density at radius 1 is 1.15 bits per heavy atom. The Hall–Kier alpha value is -1.91. The van der Waals surface area contributed by atoms with Crippen molar-refractivity contribution in [1.29, 1.82) is 0 Å². The summed E-state index contributed by atoms with van der Waals surface area (Å²) in [5.74, 6) is 0.861. The van der Waals surface area contributed by atoms with Crippen LogP contribution in [0.5, 0.6) is 5.75 Å². The molecule has 1 aromatic carbocycles. The first-order valence-corrected chi connectivity index (χ1v) is 6.79. The SMILES string of the molecule is COc1ccc(-c2ccc([C@@H]3CNCCO3)nc2)cc1. The summed E-state index contributed by atoms with van der Waals surface area (Å²) >= 11 is 0. The molecule has 0 radical (unpaired) electrons. The molecule has 1 aliphatic rings. The van der Waals surface area contributed by atoms with Gasteiger partial charge in [-0.25, -0.2) is 0 Å². The molecule has 1 fully saturated rings. The van der Waals surface area contributed by atoms with Crippen LogP contribution in [-0.2, 0) is 4.74 Å². The smallest absolute Gasteiger partial charge is 0.118 e. The molecule has 0 amide bonds. The number of benzene rings is 1. The van der Waals surface area contributed by atoms with Crippen LogP contribution in [0.3, 0.4) is 0 Å². The van der Waals surface area contributed by atoms with E-state index in [9.17, 15) is 0 Å². The molecule has 4 heteroatoms. The molecule has 4 nitrogen and oxygen atoms in total. The van der Waals surface area contributed by atoms with Gasteiger partial charge in [-0.05, 0) is 23.8 Å². The predicted octanol–water partition coefficient (Wildman–Crippen LogP) is 2.42. The third-order valence-corrected chi connectivity index (χ3v) is 3.47. The summed E-state index contributed by atoms with van der Waals surface area (Å²) in [6, 6.07) is 12.1. The van der Waals surface area contributed by atoms with Crippen LogP contribution < -0.4 is 10.1 Å². The van der Waals surface area contributed by atoms with Gasteiger partial charge in [-0.15, -0.1) is 0 Å². The molecule has 104 valence electrons. The maximum Gasteiger partial charge on any atom is 0.118 e. The number of aromatic nitrogens is 1. The normalized spacial score (nSPS) is 18.8. The molecule has 20 heavy (non-hydrogen) atoms. The second-order valence-corrected chi connectivity index (χ2v) is 4.76. The van der Waals surface area contributed by atoms with Crippen LogP contribution in [0.25, 0.3) is 11.1 Å². The zero-order valence-electron chi connectivity index (χ0n) is 11.5. The summed E-state index contributed by atoms with van der Waals surface area (Å²) in [5.41, 5.74) is 3.21. The van der Waals surface area contributed by atoms with Crippen LogP contribution >= 0.6 is 0 Å². The van der Waals surface area contributed by atoms with Crippen molar-refractivity contribution < 1.29 is 9.47 Å². The highest BCUT2D eigenvalue weighted by molar-refractivity contribution is 5.63. The third-order valence-electron chi connectivity index (χ3n) is 3.47. The first-order chi connectivity index (χ1) is 9.86. The molecular weight excluding hydrogens is 252 g/mol. The number of hydrogen-bond acceptors (Lipinski definition) is 4. The predicted molar refractivity (Wildman–Crippen MR) is 77.8 cm³/mol. The Bertz CT molecular complexity index is 546. The lowest BCUT2D eigenvalue weighted by Gasteiger charge is -2.23. The highest BCUT2D eigenvalue weighted by Gasteiger charge is 2.16. The van der Waals surface area contributed by atoms with Crippen molar-refractivity contribution in [2.75, 3.05) is 26.8 Å². The van der Waals surface area contributed by atoms with Gasteiger partial charge in [-0.3, -0.25) is 4.98 Å². The second-order valence-electron chi connectivity index (χ2n) is 4.76. The molecule has 1 aromatic heterocycles. The largest absolute Gasteiger partial charge is 0.497 e. The molecule has 1 saturated heterocycles. The van der Waals surface area contributed by atoms with Gasteiger partial charge in [-0.1, -0.05) is 18.2 Å². The molecule has 1 N–H and O–H groups in total. The fraction of sp³-hybridized carbons (Fsp3) is 0.312. The van der Waals surface area contributed by atoms with E-state index in [1.165, 1.54) is 0 Å². The number of hydrogen-bond donors (Lipinski definition) is 1. The van der Waals surface area contributed by atoms with Gasteiger partial charge in [0.2, 0.25) is 0 Å². The van der Waals surface area contributed by atoms with Gasteiger partial charge in [0.25, 0.3) is 0 Å². The van der Waals surface area contributed by atoms with Crippen LogP contribution in [0.1, 0.15) is 11.8 Å². The van der Waals surface area contributed by atoms with Crippen molar-refractivity contribution in [3.8, 4) is 16.9 Å². The van der Waals surface area contributed by atoms with Crippen molar-refractivity contribution >= 4 is 0 Å². The first-order valence-electron chi connectivity index (χ1n) is 6.79. The van der Waals surface area contributed by atoms with Gasteiger partial charge >= 0.3 is 0 Å². The molecule has 1 atom stereocenters.